The molecule has 0 amide bonds. The summed E-state index contributed by atoms with van der Waals surface area (Å²) in [7, 11) is 0. The third-order valence-corrected chi connectivity index (χ3v) is 4.34. The summed E-state index contributed by atoms with van der Waals surface area (Å²) < 4.78 is 6.14. The fourth-order valence-corrected chi connectivity index (χ4v) is 3.16. The molecular weight excluding hydrogens is 256 g/mol. The van der Waals surface area contributed by atoms with Gasteiger partial charge < -0.3 is 4.74 Å². The van der Waals surface area contributed by atoms with Gasteiger partial charge in [0, 0.05) is 16.9 Å². The Kier molecular flexibility index (Phi) is 3.18. The van der Waals surface area contributed by atoms with Crippen LogP contribution in [0.4, 0.5) is 0 Å². The standard InChI is InChI=1S/C17H19ClO/c1-17(2)11-10-15-14(4-3-5-16(15)19-17)12-6-8-13(18)9-7-12/h3-9,14-15H,10-11H2,1-2H3. The molecule has 2 aliphatic rings. The summed E-state index contributed by atoms with van der Waals surface area (Å²) >= 11 is 5.97. The lowest BCUT2D eigenvalue weighted by atomic mass is 9.76. The number of rotatable bonds is 1. The van der Waals surface area contributed by atoms with Gasteiger partial charge >= 0.3 is 0 Å². The first-order valence-electron chi connectivity index (χ1n) is 6.88. The summed E-state index contributed by atoms with van der Waals surface area (Å²) in [5.41, 5.74) is 1.29. The number of allylic oxidation sites excluding steroid dienone is 4. The fourth-order valence-electron chi connectivity index (χ4n) is 3.04. The molecule has 1 aromatic carbocycles. The number of ether oxygens (including phenoxy) is 1. The van der Waals surface area contributed by atoms with Crippen molar-refractivity contribution >= 4 is 11.6 Å². The summed E-state index contributed by atoms with van der Waals surface area (Å²) in [6.45, 7) is 4.33. The summed E-state index contributed by atoms with van der Waals surface area (Å²) in [6.07, 6.45) is 8.80. The maximum Gasteiger partial charge on any atom is 0.103 e. The average molecular weight is 275 g/mol. The molecule has 2 heteroatoms. The molecule has 0 aromatic heterocycles. The van der Waals surface area contributed by atoms with E-state index >= 15 is 0 Å². The van der Waals surface area contributed by atoms with Crippen LogP contribution in [0.1, 0.15) is 38.2 Å². The van der Waals surface area contributed by atoms with E-state index in [4.69, 9.17) is 16.3 Å². The van der Waals surface area contributed by atoms with Crippen molar-refractivity contribution in [2.45, 2.75) is 38.2 Å². The minimum atomic E-state index is -0.0297. The molecule has 19 heavy (non-hydrogen) atoms. The highest BCUT2D eigenvalue weighted by Gasteiger charge is 2.36. The van der Waals surface area contributed by atoms with Gasteiger partial charge in [-0.15, -0.1) is 0 Å². The molecule has 2 unspecified atom stereocenters. The highest BCUT2D eigenvalue weighted by atomic mass is 35.5. The van der Waals surface area contributed by atoms with E-state index in [1.165, 1.54) is 12.0 Å². The van der Waals surface area contributed by atoms with Crippen LogP contribution in [0.25, 0.3) is 0 Å². The molecule has 1 aromatic rings. The van der Waals surface area contributed by atoms with Crippen LogP contribution in [0, 0.1) is 5.92 Å². The summed E-state index contributed by atoms with van der Waals surface area (Å²) in [5, 5.41) is 0.792. The summed E-state index contributed by atoms with van der Waals surface area (Å²) in [6, 6.07) is 8.19. The average Bonchev–Trinajstić information content (AvgIpc) is 2.37. The van der Waals surface area contributed by atoms with Gasteiger partial charge in [0.15, 0.2) is 0 Å². The number of halogens is 1. The van der Waals surface area contributed by atoms with Gasteiger partial charge in [-0.1, -0.05) is 35.9 Å². The molecule has 1 fully saturated rings. The van der Waals surface area contributed by atoms with Crippen LogP contribution in [-0.4, -0.2) is 5.60 Å². The third-order valence-electron chi connectivity index (χ3n) is 4.08. The van der Waals surface area contributed by atoms with Crippen molar-refractivity contribution in [3.63, 3.8) is 0 Å². The number of hydrogen-bond acceptors (Lipinski definition) is 1. The monoisotopic (exact) mass is 274 g/mol. The van der Waals surface area contributed by atoms with E-state index in [0.29, 0.717) is 11.8 Å². The molecule has 1 heterocycles. The molecule has 0 N–H and O–H groups in total. The molecule has 0 radical (unpaired) electrons. The van der Waals surface area contributed by atoms with Gasteiger partial charge in [-0.3, -0.25) is 0 Å². The van der Waals surface area contributed by atoms with E-state index in [2.05, 4.69) is 44.2 Å². The predicted molar refractivity (Wildman–Crippen MR) is 79.3 cm³/mol. The van der Waals surface area contributed by atoms with Crippen LogP contribution < -0.4 is 0 Å². The Hall–Kier alpha value is -1.21. The van der Waals surface area contributed by atoms with E-state index < -0.39 is 0 Å². The molecule has 0 spiro atoms. The lowest BCUT2D eigenvalue weighted by molar-refractivity contribution is -0.0265. The molecule has 100 valence electrons. The highest BCUT2D eigenvalue weighted by molar-refractivity contribution is 6.30. The van der Waals surface area contributed by atoms with E-state index in [9.17, 15) is 0 Å². The Labute approximate surface area is 119 Å². The zero-order valence-corrected chi connectivity index (χ0v) is 12.2. The summed E-state index contributed by atoms with van der Waals surface area (Å²) in [5.74, 6) is 2.02. The molecule has 1 aliphatic carbocycles. The van der Waals surface area contributed by atoms with Gasteiger partial charge in [0.1, 0.15) is 11.4 Å². The zero-order valence-electron chi connectivity index (χ0n) is 11.4. The molecule has 2 atom stereocenters. The lowest BCUT2D eigenvalue weighted by Gasteiger charge is -2.41. The molecule has 1 nitrogen and oxygen atoms in total. The highest BCUT2D eigenvalue weighted by Crippen LogP contribution is 2.44. The lowest BCUT2D eigenvalue weighted by Crippen LogP contribution is -2.35. The third kappa shape index (κ3) is 2.57. The van der Waals surface area contributed by atoms with Gasteiger partial charge in [-0.2, -0.15) is 0 Å². The molecule has 1 saturated heterocycles. The molecule has 3 rings (SSSR count). The first-order chi connectivity index (χ1) is 9.05. The minimum Gasteiger partial charge on any atom is -0.492 e. The largest absolute Gasteiger partial charge is 0.492 e. The van der Waals surface area contributed by atoms with Crippen molar-refractivity contribution in [3.05, 3.63) is 58.8 Å². The fraction of sp³-hybridized carbons (Fsp3) is 0.412. The van der Waals surface area contributed by atoms with Gasteiger partial charge in [0.25, 0.3) is 0 Å². The Balaban J connectivity index is 1.88. The second kappa shape index (κ2) is 4.72. The topological polar surface area (TPSA) is 9.23 Å². The molecular formula is C17H19ClO. The van der Waals surface area contributed by atoms with Crippen LogP contribution in [-0.2, 0) is 4.74 Å². The van der Waals surface area contributed by atoms with E-state index in [-0.39, 0.29) is 5.60 Å². The van der Waals surface area contributed by atoms with E-state index in [0.717, 1.165) is 17.2 Å². The van der Waals surface area contributed by atoms with Crippen molar-refractivity contribution in [1.82, 2.24) is 0 Å². The van der Waals surface area contributed by atoms with Crippen molar-refractivity contribution in [2.75, 3.05) is 0 Å². The number of fused-ring (bicyclic) bond motifs is 1. The van der Waals surface area contributed by atoms with Gasteiger partial charge in [0.05, 0.1) is 0 Å². The first kappa shape index (κ1) is 12.8. The van der Waals surface area contributed by atoms with Gasteiger partial charge in [-0.05, 0) is 50.5 Å². The smallest absolute Gasteiger partial charge is 0.103 e. The van der Waals surface area contributed by atoms with Gasteiger partial charge in [0.2, 0.25) is 0 Å². The quantitative estimate of drug-likeness (QED) is 0.694. The number of benzene rings is 1. The maximum atomic E-state index is 6.14. The Morgan fingerprint density at radius 1 is 1.21 bits per heavy atom. The van der Waals surface area contributed by atoms with Crippen LogP contribution in [0.5, 0.6) is 0 Å². The number of hydrogen-bond donors (Lipinski definition) is 0. The van der Waals surface area contributed by atoms with Crippen molar-refractivity contribution in [2.24, 2.45) is 5.92 Å². The molecule has 1 aliphatic heterocycles. The van der Waals surface area contributed by atoms with Gasteiger partial charge in [-0.25, -0.2) is 0 Å². The minimum absolute atomic E-state index is 0.0297. The van der Waals surface area contributed by atoms with Crippen molar-refractivity contribution in [3.8, 4) is 0 Å². The normalized spacial score (nSPS) is 28.3. The van der Waals surface area contributed by atoms with Crippen LogP contribution in [0.2, 0.25) is 5.02 Å². The second-order valence-corrected chi connectivity index (χ2v) is 6.47. The first-order valence-corrected chi connectivity index (χ1v) is 7.26. The maximum absolute atomic E-state index is 6.14. The van der Waals surface area contributed by atoms with Crippen molar-refractivity contribution < 1.29 is 4.74 Å². The SMILES string of the molecule is CC1(C)CCC2C(=CC=CC2c2ccc(Cl)cc2)O1. The summed E-state index contributed by atoms with van der Waals surface area (Å²) in [4.78, 5) is 0. The Morgan fingerprint density at radius 2 is 1.95 bits per heavy atom. The zero-order chi connectivity index (χ0) is 13.5. The van der Waals surface area contributed by atoms with Crippen molar-refractivity contribution in [1.29, 1.82) is 0 Å². The van der Waals surface area contributed by atoms with Crippen LogP contribution >= 0.6 is 11.6 Å². The second-order valence-electron chi connectivity index (χ2n) is 6.04. The van der Waals surface area contributed by atoms with E-state index in [1.807, 2.05) is 12.1 Å². The molecule has 0 saturated carbocycles. The molecule has 0 bridgehead atoms. The Morgan fingerprint density at radius 3 is 2.68 bits per heavy atom. The Bertz CT molecular complexity index is 525. The van der Waals surface area contributed by atoms with Crippen LogP contribution in [0.15, 0.2) is 48.3 Å². The predicted octanol–water partition coefficient (Wildman–Crippen LogP) is 5.08. The van der Waals surface area contributed by atoms with Crippen LogP contribution in [0.3, 0.4) is 0 Å². The van der Waals surface area contributed by atoms with E-state index in [1.54, 1.807) is 0 Å².